The third-order valence-corrected chi connectivity index (χ3v) is 4.28. The van der Waals surface area contributed by atoms with Crippen molar-refractivity contribution in [2.24, 2.45) is 0 Å². The molecular formula is C19H20ClN5O. The first-order valence-electron chi connectivity index (χ1n) is 8.24. The minimum absolute atomic E-state index is 0.461. The summed E-state index contributed by atoms with van der Waals surface area (Å²) in [7, 11) is 1.67. The van der Waals surface area contributed by atoms with Crippen LogP contribution in [0.4, 0.5) is 17.5 Å². The summed E-state index contributed by atoms with van der Waals surface area (Å²) in [6.45, 7) is 2.63. The van der Waals surface area contributed by atoms with Crippen LogP contribution in [0.25, 0.3) is 0 Å². The van der Waals surface area contributed by atoms with E-state index in [1.807, 2.05) is 49.4 Å². The van der Waals surface area contributed by atoms with Crippen LogP contribution in [0, 0.1) is 6.92 Å². The molecule has 26 heavy (non-hydrogen) atoms. The summed E-state index contributed by atoms with van der Waals surface area (Å²) in [5.41, 5.74) is 3.00. The Hall–Kier alpha value is -2.86. The van der Waals surface area contributed by atoms with Crippen molar-refractivity contribution in [2.75, 3.05) is 24.3 Å². The number of nitrogens with one attached hydrogen (secondary N) is 2. The smallest absolute Gasteiger partial charge is 0.244 e. The number of methoxy groups -OCH3 is 1. The lowest BCUT2D eigenvalue weighted by atomic mass is 10.1. The molecule has 0 aliphatic heterocycles. The monoisotopic (exact) mass is 369 g/mol. The predicted octanol–water partition coefficient (Wildman–Crippen LogP) is 4.24. The van der Waals surface area contributed by atoms with Crippen molar-refractivity contribution in [1.82, 2.24) is 15.2 Å². The molecule has 3 rings (SSSR count). The summed E-state index contributed by atoms with van der Waals surface area (Å²) in [5.74, 6) is 1.93. The number of nitrogens with zero attached hydrogens (tertiary/aromatic N) is 3. The quantitative estimate of drug-likeness (QED) is 0.649. The van der Waals surface area contributed by atoms with Crippen molar-refractivity contribution in [3.63, 3.8) is 0 Å². The zero-order chi connectivity index (χ0) is 18.4. The minimum Gasteiger partial charge on any atom is -0.496 e. The molecule has 0 aliphatic carbocycles. The summed E-state index contributed by atoms with van der Waals surface area (Å²) >= 11 is 6.15. The second kappa shape index (κ2) is 8.49. The maximum Gasteiger partial charge on any atom is 0.244 e. The number of hydrogen-bond donors (Lipinski definition) is 2. The molecule has 1 heterocycles. The number of aryl methyl sites for hydroxylation is 1. The first-order chi connectivity index (χ1) is 12.7. The molecule has 1 aromatic heterocycles. The van der Waals surface area contributed by atoms with Crippen LogP contribution in [0.1, 0.15) is 11.1 Å². The average Bonchev–Trinajstić information content (AvgIpc) is 2.65. The molecule has 0 fully saturated rings. The molecule has 0 saturated heterocycles. The van der Waals surface area contributed by atoms with E-state index in [1.165, 1.54) is 0 Å². The Morgan fingerprint density at radius 2 is 2.00 bits per heavy atom. The Bertz CT molecular complexity index is 887. The van der Waals surface area contributed by atoms with Crippen molar-refractivity contribution < 1.29 is 4.74 Å². The molecule has 0 bridgehead atoms. The molecule has 0 radical (unpaired) electrons. The van der Waals surface area contributed by atoms with Gasteiger partial charge in [-0.15, -0.1) is 5.10 Å². The van der Waals surface area contributed by atoms with E-state index in [0.29, 0.717) is 23.3 Å². The lowest BCUT2D eigenvalue weighted by molar-refractivity contribution is 0.410. The van der Waals surface area contributed by atoms with Crippen LogP contribution in [-0.4, -0.2) is 28.8 Å². The van der Waals surface area contributed by atoms with Crippen molar-refractivity contribution in [2.45, 2.75) is 13.3 Å². The van der Waals surface area contributed by atoms with Crippen LogP contribution in [0.15, 0.2) is 48.7 Å². The molecule has 0 saturated carbocycles. The standard InChI is InChI=1S/C19H20ClN5O/c1-13-7-8-15(11-16(13)20)23-18-12-22-25-19(24-18)21-10-9-14-5-3-4-6-17(14)26-2/h3-8,11-12H,9-10H2,1-2H3,(H2,21,23,24,25). The van der Waals surface area contributed by atoms with E-state index in [4.69, 9.17) is 16.3 Å². The number of rotatable bonds is 7. The van der Waals surface area contributed by atoms with Gasteiger partial charge in [-0.2, -0.15) is 10.1 Å². The Morgan fingerprint density at radius 1 is 1.15 bits per heavy atom. The van der Waals surface area contributed by atoms with Gasteiger partial charge in [0.05, 0.1) is 13.3 Å². The van der Waals surface area contributed by atoms with Crippen LogP contribution in [0.2, 0.25) is 5.02 Å². The summed E-state index contributed by atoms with van der Waals surface area (Å²) in [5, 5.41) is 15.1. The molecule has 0 spiro atoms. The van der Waals surface area contributed by atoms with Crippen LogP contribution in [0.3, 0.4) is 0 Å². The van der Waals surface area contributed by atoms with Crippen LogP contribution < -0.4 is 15.4 Å². The molecule has 7 heteroatoms. The second-order valence-electron chi connectivity index (χ2n) is 5.74. The summed E-state index contributed by atoms with van der Waals surface area (Å²) in [4.78, 5) is 4.42. The van der Waals surface area contributed by atoms with Gasteiger partial charge < -0.3 is 15.4 Å². The van der Waals surface area contributed by atoms with Crippen molar-refractivity contribution in [1.29, 1.82) is 0 Å². The van der Waals surface area contributed by atoms with Gasteiger partial charge in [-0.3, -0.25) is 0 Å². The maximum absolute atomic E-state index is 6.15. The van der Waals surface area contributed by atoms with Crippen molar-refractivity contribution in [3.8, 4) is 5.75 Å². The van der Waals surface area contributed by atoms with Crippen LogP contribution >= 0.6 is 11.6 Å². The number of aromatic nitrogens is 3. The summed E-state index contributed by atoms with van der Waals surface area (Å²) in [6, 6.07) is 13.7. The van der Waals surface area contributed by atoms with Gasteiger partial charge in [0.1, 0.15) is 5.75 Å². The third kappa shape index (κ3) is 4.61. The zero-order valence-corrected chi connectivity index (χ0v) is 15.4. The van der Waals surface area contributed by atoms with Crippen molar-refractivity contribution >= 4 is 29.1 Å². The lowest BCUT2D eigenvalue weighted by Gasteiger charge is -2.10. The fraction of sp³-hybridized carbons (Fsp3) is 0.211. The highest BCUT2D eigenvalue weighted by atomic mass is 35.5. The Labute approximate surface area is 157 Å². The van der Waals surface area contributed by atoms with Gasteiger partial charge in [0, 0.05) is 17.3 Å². The Balaban J connectivity index is 1.61. The summed E-state index contributed by atoms with van der Waals surface area (Å²) in [6.07, 6.45) is 2.36. The molecule has 3 aromatic rings. The fourth-order valence-corrected chi connectivity index (χ4v) is 2.66. The maximum atomic E-state index is 6.15. The molecule has 134 valence electrons. The van der Waals surface area contributed by atoms with Gasteiger partial charge in [0.2, 0.25) is 5.95 Å². The first kappa shape index (κ1) is 17.9. The van der Waals surface area contributed by atoms with Crippen LogP contribution in [0.5, 0.6) is 5.75 Å². The van der Waals surface area contributed by atoms with Gasteiger partial charge in [-0.25, -0.2) is 0 Å². The average molecular weight is 370 g/mol. The van der Waals surface area contributed by atoms with E-state index in [-0.39, 0.29) is 0 Å². The van der Waals surface area contributed by atoms with Gasteiger partial charge in [-0.1, -0.05) is 35.9 Å². The normalized spacial score (nSPS) is 10.4. The molecule has 6 nitrogen and oxygen atoms in total. The van der Waals surface area contributed by atoms with Crippen LogP contribution in [-0.2, 0) is 6.42 Å². The highest BCUT2D eigenvalue weighted by molar-refractivity contribution is 6.31. The lowest BCUT2D eigenvalue weighted by Crippen LogP contribution is -2.10. The number of halogens is 1. The summed E-state index contributed by atoms with van der Waals surface area (Å²) < 4.78 is 5.36. The topological polar surface area (TPSA) is 72.0 Å². The molecule has 0 aliphatic rings. The van der Waals surface area contributed by atoms with E-state index < -0.39 is 0 Å². The van der Waals surface area contributed by atoms with Crippen molar-refractivity contribution in [3.05, 3.63) is 64.8 Å². The predicted molar refractivity (Wildman–Crippen MR) is 104 cm³/mol. The van der Waals surface area contributed by atoms with Gasteiger partial charge >= 0.3 is 0 Å². The molecule has 2 N–H and O–H groups in total. The third-order valence-electron chi connectivity index (χ3n) is 3.87. The van der Waals surface area contributed by atoms with E-state index >= 15 is 0 Å². The van der Waals surface area contributed by atoms with E-state index in [0.717, 1.165) is 29.0 Å². The number of hydrogen-bond acceptors (Lipinski definition) is 6. The Morgan fingerprint density at radius 3 is 2.81 bits per heavy atom. The SMILES string of the molecule is COc1ccccc1CCNc1nncc(Nc2ccc(C)c(Cl)c2)n1. The van der Waals surface area contributed by atoms with Gasteiger partial charge in [0.25, 0.3) is 0 Å². The number of anilines is 3. The van der Waals surface area contributed by atoms with E-state index in [2.05, 4.69) is 25.8 Å². The number of benzene rings is 2. The highest BCUT2D eigenvalue weighted by Gasteiger charge is 2.05. The molecule has 0 amide bonds. The minimum atomic E-state index is 0.461. The Kier molecular flexibility index (Phi) is 5.86. The first-order valence-corrected chi connectivity index (χ1v) is 8.62. The number of para-hydroxylation sites is 1. The molecule has 0 atom stereocenters. The fourth-order valence-electron chi connectivity index (χ4n) is 2.48. The second-order valence-corrected chi connectivity index (χ2v) is 6.15. The van der Waals surface area contributed by atoms with E-state index in [1.54, 1.807) is 13.3 Å². The zero-order valence-electron chi connectivity index (χ0n) is 14.7. The molecule has 2 aromatic carbocycles. The van der Waals surface area contributed by atoms with Gasteiger partial charge in [-0.05, 0) is 42.7 Å². The molecular weight excluding hydrogens is 350 g/mol. The van der Waals surface area contributed by atoms with E-state index in [9.17, 15) is 0 Å². The van der Waals surface area contributed by atoms with Gasteiger partial charge in [0.15, 0.2) is 5.82 Å². The largest absolute Gasteiger partial charge is 0.496 e. The highest BCUT2D eigenvalue weighted by Crippen LogP contribution is 2.22. The number of ether oxygens (including phenoxy) is 1. The molecule has 0 unspecified atom stereocenters.